The minimum atomic E-state index is -0.498. The summed E-state index contributed by atoms with van der Waals surface area (Å²) in [6, 6.07) is 5.41. The zero-order valence-electron chi connectivity index (χ0n) is 17.2. The highest BCUT2D eigenvalue weighted by molar-refractivity contribution is 14.2. The van der Waals surface area contributed by atoms with Gasteiger partial charge in [0, 0.05) is 35.1 Å². The maximum absolute atomic E-state index is 15.3. The number of aliphatic hydroxyl groups is 1. The molecule has 0 radical (unpaired) electrons. The topological polar surface area (TPSA) is 78.0 Å². The Kier molecular flexibility index (Phi) is 7.86. The van der Waals surface area contributed by atoms with E-state index in [1.54, 1.807) is 27.5 Å². The number of aromatic nitrogens is 5. The molecule has 33 heavy (non-hydrogen) atoms. The van der Waals surface area contributed by atoms with Crippen molar-refractivity contribution in [1.29, 1.82) is 0 Å². The van der Waals surface area contributed by atoms with E-state index in [0.29, 0.717) is 45.2 Å². The Morgan fingerprint density at radius 3 is 2.76 bits per heavy atom. The molecule has 0 spiro atoms. The molecule has 1 aromatic carbocycles. The third-order valence-corrected chi connectivity index (χ3v) is 7.32. The van der Waals surface area contributed by atoms with Gasteiger partial charge >= 0.3 is 0 Å². The van der Waals surface area contributed by atoms with E-state index >= 15 is 4.39 Å². The number of hydrogen-bond donors (Lipinski definition) is 1. The number of pyridine rings is 1. The molecular formula is C21H18Cl2FIN5O2P. The number of rotatable bonds is 8. The lowest BCUT2D eigenvalue weighted by atomic mass is 10.1. The van der Waals surface area contributed by atoms with Gasteiger partial charge in [-0.05, 0) is 53.2 Å². The Hall–Kier alpha value is -1.78. The van der Waals surface area contributed by atoms with Crippen LogP contribution in [0.4, 0.5) is 4.39 Å². The van der Waals surface area contributed by atoms with Crippen LogP contribution in [0, 0.1) is 0 Å². The van der Waals surface area contributed by atoms with Gasteiger partial charge in [0.25, 0.3) is 0 Å². The summed E-state index contributed by atoms with van der Waals surface area (Å²) in [6.07, 6.45) is 7.43. The molecule has 4 aromatic rings. The summed E-state index contributed by atoms with van der Waals surface area (Å²) in [6.45, 7) is 2.13. The Morgan fingerprint density at radius 2 is 2.06 bits per heavy atom. The number of fused-ring (bicyclic) bond motifs is 1. The molecule has 172 valence electrons. The molecule has 0 aliphatic rings. The third kappa shape index (κ3) is 5.33. The van der Waals surface area contributed by atoms with E-state index in [4.69, 9.17) is 33.0 Å². The summed E-state index contributed by atoms with van der Waals surface area (Å²) in [5, 5.41) is 19.0. The Balaban J connectivity index is 1.69. The summed E-state index contributed by atoms with van der Waals surface area (Å²) in [5.41, 5.74) is 2.20. The highest BCUT2D eigenvalue weighted by atomic mass is 127. The maximum atomic E-state index is 15.3. The summed E-state index contributed by atoms with van der Waals surface area (Å²) < 4.78 is 24.7. The minimum Gasteiger partial charge on any atom is -0.486 e. The smallest absolute Gasteiger partial charge is 0.152 e. The van der Waals surface area contributed by atoms with Crippen molar-refractivity contribution in [2.45, 2.75) is 19.6 Å². The zero-order chi connectivity index (χ0) is 23.5. The van der Waals surface area contributed by atoms with Gasteiger partial charge in [-0.15, -0.1) is 0 Å². The molecule has 0 amide bonds. The first kappa shape index (κ1) is 24.3. The monoisotopic (exact) mass is 619 g/mol. The number of halogens is 4. The highest BCUT2D eigenvalue weighted by Crippen LogP contribution is 2.37. The molecule has 12 heteroatoms. The largest absolute Gasteiger partial charge is 0.486 e. The standard InChI is InChI=1S/C21H18Cl2FIN5O2P/c1-12(20-16(22)9-26-10-17(20)23)32-14-2-3-19-15(7-14)21(28-30(19)33-25)18(24)6-13-8-27-29(11-13)4-5-31/h2-3,6-12,31,33H,4-5H2,1H3/b18-6-. The molecule has 0 fully saturated rings. The molecular weight excluding hydrogens is 602 g/mol. The zero-order valence-corrected chi connectivity index (χ0v) is 21.9. The van der Waals surface area contributed by atoms with Gasteiger partial charge in [-0.3, -0.25) is 9.67 Å². The Labute approximate surface area is 213 Å². The van der Waals surface area contributed by atoms with E-state index in [-0.39, 0.29) is 12.3 Å². The lowest BCUT2D eigenvalue weighted by Gasteiger charge is -2.17. The van der Waals surface area contributed by atoms with Crippen molar-refractivity contribution < 1.29 is 14.2 Å². The Morgan fingerprint density at radius 1 is 1.30 bits per heavy atom. The highest BCUT2D eigenvalue weighted by Gasteiger charge is 2.19. The van der Waals surface area contributed by atoms with Crippen LogP contribution in [-0.2, 0) is 6.54 Å². The molecule has 2 unspecified atom stereocenters. The van der Waals surface area contributed by atoms with Crippen LogP contribution in [-0.4, -0.2) is 36.0 Å². The van der Waals surface area contributed by atoms with Crippen molar-refractivity contribution >= 4 is 74.4 Å². The van der Waals surface area contributed by atoms with Gasteiger partial charge in [0.15, 0.2) is 5.83 Å². The van der Waals surface area contributed by atoms with E-state index in [1.807, 2.05) is 13.0 Å². The van der Waals surface area contributed by atoms with Crippen molar-refractivity contribution in [3.05, 3.63) is 69.9 Å². The van der Waals surface area contributed by atoms with Gasteiger partial charge in [0.2, 0.25) is 0 Å². The number of aliphatic hydroxyl groups excluding tert-OH is 1. The van der Waals surface area contributed by atoms with Gasteiger partial charge in [0.05, 0.1) is 41.3 Å². The van der Waals surface area contributed by atoms with Crippen molar-refractivity contribution in [2.75, 3.05) is 6.61 Å². The van der Waals surface area contributed by atoms with Crippen molar-refractivity contribution in [1.82, 2.24) is 24.3 Å². The fraction of sp³-hybridized carbons (Fsp3) is 0.190. The molecule has 3 heterocycles. The fourth-order valence-electron chi connectivity index (χ4n) is 3.38. The average Bonchev–Trinajstić information content (AvgIpc) is 3.37. The van der Waals surface area contributed by atoms with Gasteiger partial charge in [-0.2, -0.15) is 10.2 Å². The summed E-state index contributed by atoms with van der Waals surface area (Å²) in [7, 11) is 0. The maximum Gasteiger partial charge on any atom is 0.152 e. The van der Waals surface area contributed by atoms with Crippen molar-refractivity contribution in [3.8, 4) is 5.75 Å². The molecule has 3 aromatic heterocycles. The van der Waals surface area contributed by atoms with Gasteiger partial charge < -0.3 is 9.84 Å². The van der Waals surface area contributed by atoms with E-state index < -0.39 is 11.9 Å². The number of nitrogens with zero attached hydrogens (tertiary/aromatic N) is 5. The average molecular weight is 620 g/mol. The molecule has 0 saturated carbocycles. The first-order valence-corrected chi connectivity index (χ1v) is 14.6. The second kappa shape index (κ2) is 10.7. The number of hydrogen-bond acceptors (Lipinski definition) is 5. The molecule has 7 nitrogen and oxygen atoms in total. The van der Waals surface area contributed by atoms with Crippen LogP contribution >= 0.6 is 51.6 Å². The molecule has 2 atom stereocenters. The van der Waals surface area contributed by atoms with E-state index in [9.17, 15) is 0 Å². The predicted molar refractivity (Wildman–Crippen MR) is 139 cm³/mol. The molecule has 0 bridgehead atoms. The molecule has 4 rings (SSSR count). The Bertz CT molecular complexity index is 1310. The van der Waals surface area contributed by atoms with Crippen LogP contribution in [0.5, 0.6) is 5.75 Å². The molecule has 0 saturated heterocycles. The second-order valence-electron chi connectivity index (χ2n) is 7.05. The predicted octanol–water partition coefficient (Wildman–Crippen LogP) is 6.33. The van der Waals surface area contributed by atoms with Gasteiger partial charge in [-0.1, -0.05) is 23.2 Å². The van der Waals surface area contributed by atoms with Crippen LogP contribution in [0.25, 0.3) is 22.8 Å². The van der Waals surface area contributed by atoms with E-state index in [0.717, 1.165) is 5.52 Å². The van der Waals surface area contributed by atoms with Crippen LogP contribution in [0.1, 0.15) is 29.8 Å². The first-order chi connectivity index (χ1) is 15.9. The number of benzene rings is 1. The summed E-state index contributed by atoms with van der Waals surface area (Å²) in [4.78, 5) is 3.97. The molecule has 0 aliphatic heterocycles. The van der Waals surface area contributed by atoms with Gasteiger partial charge in [-0.25, -0.2) is 8.84 Å². The van der Waals surface area contributed by atoms with Crippen LogP contribution in [0.2, 0.25) is 10.0 Å². The molecule has 1 N–H and O–H groups in total. The fourth-order valence-corrected chi connectivity index (χ4v) is 5.58. The first-order valence-electron chi connectivity index (χ1n) is 9.77. The minimum absolute atomic E-state index is 0.0456. The normalized spacial score (nSPS) is 13.3. The van der Waals surface area contributed by atoms with E-state index in [1.165, 1.54) is 24.7 Å². The second-order valence-corrected chi connectivity index (χ2v) is 9.91. The van der Waals surface area contributed by atoms with Crippen molar-refractivity contribution in [2.24, 2.45) is 0 Å². The van der Waals surface area contributed by atoms with Crippen molar-refractivity contribution in [3.63, 3.8) is 0 Å². The summed E-state index contributed by atoms with van der Waals surface area (Å²) in [5.74, 6) is 0.0301. The quantitative estimate of drug-likeness (QED) is 0.184. The van der Waals surface area contributed by atoms with E-state index in [2.05, 4.69) is 37.2 Å². The molecule has 0 aliphatic carbocycles. The van der Waals surface area contributed by atoms with Crippen LogP contribution < -0.4 is 4.74 Å². The van der Waals surface area contributed by atoms with Crippen LogP contribution in [0.15, 0.2) is 43.0 Å². The number of ether oxygens (including phenoxy) is 1. The van der Waals surface area contributed by atoms with Gasteiger partial charge in [0.1, 0.15) is 17.5 Å². The SMILES string of the molecule is CC(Oc1ccc2c(c1)c(/C(F)=C/c1cnn(CCO)c1)nn2PI)c1c(Cl)cncc1Cl. The summed E-state index contributed by atoms with van der Waals surface area (Å²) >= 11 is 14.7. The lowest BCUT2D eigenvalue weighted by Crippen LogP contribution is -2.05. The third-order valence-electron chi connectivity index (χ3n) is 4.84. The van der Waals surface area contributed by atoms with Crippen LogP contribution in [0.3, 0.4) is 0 Å². The lowest BCUT2D eigenvalue weighted by molar-refractivity contribution is 0.227.